The maximum atomic E-state index is 12.4. The summed E-state index contributed by atoms with van der Waals surface area (Å²) >= 11 is 0. The number of aryl methyl sites for hydroxylation is 1. The van der Waals surface area contributed by atoms with Gasteiger partial charge in [0.15, 0.2) is 5.43 Å². The number of aliphatic hydroxyl groups excluding tert-OH is 4. The molecule has 32 heavy (non-hydrogen) atoms. The average Bonchev–Trinajstić information content (AvgIpc) is 2.71. The molecule has 0 saturated carbocycles. The van der Waals surface area contributed by atoms with Crippen LogP contribution in [0, 0.1) is 6.92 Å². The molecule has 0 radical (unpaired) electrons. The van der Waals surface area contributed by atoms with E-state index < -0.39 is 48.8 Å². The van der Waals surface area contributed by atoms with Gasteiger partial charge in [0.1, 0.15) is 70.5 Å². The van der Waals surface area contributed by atoms with Gasteiger partial charge in [0.05, 0.1) is 13.2 Å². The zero-order chi connectivity index (χ0) is 23.4. The molecule has 10 heteroatoms. The van der Waals surface area contributed by atoms with Crippen molar-refractivity contribution in [3.8, 4) is 11.5 Å². The van der Waals surface area contributed by atoms with Crippen molar-refractivity contribution in [2.75, 3.05) is 13.2 Å². The van der Waals surface area contributed by atoms with Crippen LogP contribution in [-0.4, -0.2) is 81.0 Å². The lowest BCUT2D eigenvalue weighted by Crippen LogP contribution is -2.60. The van der Waals surface area contributed by atoms with Crippen LogP contribution in [0.3, 0.4) is 0 Å². The Kier molecular flexibility index (Phi) is 5.95. The fourth-order valence-electron chi connectivity index (χ4n) is 4.30. The smallest absolute Gasteiger partial charge is 0.196 e. The number of benzene rings is 1. The molecule has 0 amide bonds. The number of phenols is 1. The monoisotopic (exact) mass is 452 g/mol. The molecule has 0 spiro atoms. The summed E-state index contributed by atoms with van der Waals surface area (Å²) in [5, 5.41) is 50.3. The van der Waals surface area contributed by atoms with Crippen LogP contribution in [0.15, 0.2) is 21.3 Å². The molecule has 3 heterocycles. The molecular formula is C22H28O10. The van der Waals surface area contributed by atoms with Gasteiger partial charge in [-0.1, -0.05) is 0 Å². The van der Waals surface area contributed by atoms with Crippen molar-refractivity contribution in [2.45, 2.75) is 69.4 Å². The van der Waals surface area contributed by atoms with Gasteiger partial charge in [-0.2, -0.15) is 0 Å². The van der Waals surface area contributed by atoms with E-state index in [1.165, 1.54) is 6.07 Å². The van der Waals surface area contributed by atoms with Gasteiger partial charge in [0, 0.05) is 24.1 Å². The molecule has 1 saturated heterocycles. The summed E-state index contributed by atoms with van der Waals surface area (Å²) in [5.74, 6) is 0.558. The van der Waals surface area contributed by atoms with Gasteiger partial charge in [0.25, 0.3) is 0 Å². The van der Waals surface area contributed by atoms with Crippen LogP contribution in [0.25, 0.3) is 11.0 Å². The maximum Gasteiger partial charge on any atom is 0.196 e. The van der Waals surface area contributed by atoms with E-state index in [9.17, 15) is 30.3 Å². The molecule has 1 aromatic carbocycles. The minimum absolute atomic E-state index is 0.0605. The first kappa shape index (κ1) is 23.0. The van der Waals surface area contributed by atoms with Crippen molar-refractivity contribution in [3.05, 3.63) is 33.7 Å². The Hall–Kier alpha value is -2.21. The van der Waals surface area contributed by atoms with Gasteiger partial charge >= 0.3 is 0 Å². The van der Waals surface area contributed by atoms with E-state index in [1.54, 1.807) is 26.8 Å². The van der Waals surface area contributed by atoms with Crippen LogP contribution in [-0.2, 0) is 15.9 Å². The van der Waals surface area contributed by atoms with Crippen LogP contribution in [0.1, 0.15) is 25.2 Å². The van der Waals surface area contributed by atoms with Crippen LogP contribution in [0.2, 0.25) is 0 Å². The molecule has 2 aliphatic rings. The molecule has 5 N–H and O–H groups in total. The topological polar surface area (TPSA) is 159 Å². The summed E-state index contributed by atoms with van der Waals surface area (Å²) in [6.45, 7) is 4.54. The normalized spacial score (nSPS) is 31.8. The van der Waals surface area contributed by atoms with Gasteiger partial charge < -0.3 is 44.2 Å². The van der Waals surface area contributed by atoms with E-state index >= 15 is 0 Å². The first-order chi connectivity index (χ1) is 15.0. The lowest BCUT2D eigenvalue weighted by Gasteiger charge is -2.43. The number of ether oxygens (including phenoxy) is 3. The van der Waals surface area contributed by atoms with E-state index in [0.29, 0.717) is 17.1 Å². The van der Waals surface area contributed by atoms with Crippen molar-refractivity contribution < 1.29 is 44.2 Å². The SMILES string of the molecule is Cc1cc(=O)c2c(O)c3c(cc2o1)OC(C)(C)C(OCC1OC(CO)C(O)C(O)C1O)C3. The van der Waals surface area contributed by atoms with Gasteiger partial charge in [-0.3, -0.25) is 4.79 Å². The van der Waals surface area contributed by atoms with Gasteiger partial charge in [-0.25, -0.2) is 0 Å². The van der Waals surface area contributed by atoms with Crippen molar-refractivity contribution in [3.63, 3.8) is 0 Å². The number of aromatic hydroxyl groups is 1. The van der Waals surface area contributed by atoms with Crippen molar-refractivity contribution in [1.29, 1.82) is 0 Å². The summed E-state index contributed by atoms with van der Waals surface area (Å²) in [6.07, 6.45) is -6.80. The molecule has 6 unspecified atom stereocenters. The number of hydrogen-bond acceptors (Lipinski definition) is 10. The minimum Gasteiger partial charge on any atom is -0.507 e. The summed E-state index contributed by atoms with van der Waals surface area (Å²) in [7, 11) is 0. The first-order valence-electron chi connectivity index (χ1n) is 10.4. The van der Waals surface area contributed by atoms with E-state index in [-0.39, 0.29) is 35.2 Å². The van der Waals surface area contributed by atoms with Crippen molar-refractivity contribution in [2.24, 2.45) is 0 Å². The molecule has 0 aliphatic carbocycles. The van der Waals surface area contributed by atoms with Crippen molar-refractivity contribution in [1.82, 2.24) is 0 Å². The van der Waals surface area contributed by atoms with Gasteiger partial charge in [-0.05, 0) is 20.8 Å². The zero-order valence-electron chi connectivity index (χ0n) is 18.0. The van der Waals surface area contributed by atoms with Crippen LogP contribution in [0.5, 0.6) is 11.5 Å². The fraction of sp³-hybridized carbons (Fsp3) is 0.591. The van der Waals surface area contributed by atoms with Crippen LogP contribution >= 0.6 is 0 Å². The third-order valence-electron chi connectivity index (χ3n) is 6.17. The number of rotatable bonds is 4. The molecule has 2 aliphatic heterocycles. The summed E-state index contributed by atoms with van der Waals surface area (Å²) in [5.41, 5.74) is -0.604. The Morgan fingerprint density at radius 3 is 2.50 bits per heavy atom. The number of fused-ring (bicyclic) bond motifs is 2. The largest absolute Gasteiger partial charge is 0.507 e. The first-order valence-corrected chi connectivity index (χ1v) is 10.4. The highest BCUT2D eigenvalue weighted by atomic mass is 16.6. The third kappa shape index (κ3) is 3.87. The highest BCUT2D eigenvalue weighted by Crippen LogP contribution is 2.43. The standard InChI is InChI=1S/C22H28O10/c1-9-4-11(24)17-13(30-9)6-12-10(18(17)25)5-16(22(2,3)32-12)29-8-15-20(27)21(28)19(26)14(7-23)31-15/h4,6,14-16,19-21,23,25-28H,5,7-8H2,1-3H3. The molecule has 0 bridgehead atoms. The minimum atomic E-state index is -1.50. The second-order valence-corrected chi connectivity index (χ2v) is 8.90. The molecule has 1 aromatic heterocycles. The highest BCUT2D eigenvalue weighted by Gasteiger charge is 2.45. The summed E-state index contributed by atoms with van der Waals surface area (Å²) in [6, 6.07) is 2.88. The summed E-state index contributed by atoms with van der Waals surface area (Å²) < 4.78 is 23.1. The molecule has 10 nitrogen and oxygen atoms in total. The third-order valence-corrected chi connectivity index (χ3v) is 6.17. The summed E-state index contributed by atoms with van der Waals surface area (Å²) in [4.78, 5) is 12.4. The Labute approximate surface area is 183 Å². The molecule has 4 rings (SSSR count). The van der Waals surface area contributed by atoms with Crippen LogP contribution < -0.4 is 10.2 Å². The predicted octanol–water partition coefficient (Wildman–Crippen LogP) is -0.252. The number of hydrogen-bond donors (Lipinski definition) is 5. The molecular weight excluding hydrogens is 424 g/mol. The molecule has 1 fully saturated rings. The maximum absolute atomic E-state index is 12.4. The van der Waals surface area contributed by atoms with Gasteiger partial charge in [0.2, 0.25) is 0 Å². The average molecular weight is 452 g/mol. The fourth-order valence-corrected chi connectivity index (χ4v) is 4.30. The Morgan fingerprint density at radius 1 is 1.12 bits per heavy atom. The highest BCUT2D eigenvalue weighted by molar-refractivity contribution is 5.87. The lowest BCUT2D eigenvalue weighted by atomic mass is 9.89. The number of phenolic OH excluding ortho intramolecular Hbond substituents is 1. The van der Waals surface area contributed by atoms with Crippen LogP contribution in [0.4, 0.5) is 0 Å². The van der Waals surface area contributed by atoms with E-state index in [2.05, 4.69) is 0 Å². The Morgan fingerprint density at radius 2 is 1.81 bits per heavy atom. The number of aliphatic hydroxyl groups is 4. The second kappa shape index (κ2) is 8.29. The Bertz CT molecular complexity index is 1060. The Balaban J connectivity index is 1.59. The molecule has 6 atom stereocenters. The van der Waals surface area contributed by atoms with E-state index in [0.717, 1.165) is 0 Å². The van der Waals surface area contributed by atoms with Gasteiger partial charge in [-0.15, -0.1) is 0 Å². The van der Waals surface area contributed by atoms with Crippen molar-refractivity contribution >= 4 is 11.0 Å². The lowest BCUT2D eigenvalue weighted by molar-refractivity contribution is -0.245. The zero-order valence-corrected chi connectivity index (χ0v) is 18.0. The molecule has 2 aromatic rings. The molecule has 176 valence electrons. The quantitative estimate of drug-likeness (QED) is 0.419. The second-order valence-electron chi connectivity index (χ2n) is 8.90. The van der Waals surface area contributed by atoms with E-state index in [4.69, 9.17) is 18.6 Å². The van der Waals surface area contributed by atoms with E-state index in [1.807, 2.05) is 0 Å². The predicted molar refractivity (Wildman–Crippen MR) is 111 cm³/mol.